The third-order valence-electron chi connectivity index (χ3n) is 6.66. The fourth-order valence-corrected chi connectivity index (χ4v) is 5.24. The number of carbonyl (C=O) groups excluding carboxylic acids is 1. The molecule has 3 aromatic rings. The number of hydrogen-bond donors (Lipinski definition) is 1. The van der Waals surface area contributed by atoms with Crippen molar-refractivity contribution in [1.29, 1.82) is 0 Å². The molecule has 1 amide bonds. The highest BCUT2D eigenvalue weighted by Gasteiger charge is 2.52. The highest BCUT2D eigenvalue weighted by Crippen LogP contribution is 2.52. The molecule has 9 heteroatoms. The first-order chi connectivity index (χ1) is 15.8. The number of aromatic nitrogens is 2. The van der Waals surface area contributed by atoms with E-state index in [9.17, 15) is 18.0 Å². The summed E-state index contributed by atoms with van der Waals surface area (Å²) in [6, 6.07) is 11.7. The van der Waals surface area contributed by atoms with E-state index in [1.54, 1.807) is 16.6 Å². The number of fused-ring (bicyclic) bond motifs is 1. The van der Waals surface area contributed by atoms with Gasteiger partial charge in [0.2, 0.25) is 0 Å². The number of rotatable bonds is 6. The molecule has 1 aromatic carbocycles. The number of benzene rings is 1. The molecule has 174 valence electrons. The lowest BCUT2D eigenvalue weighted by Gasteiger charge is -2.60. The van der Waals surface area contributed by atoms with Crippen molar-refractivity contribution in [2.24, 2.45) is 11.3 Å². The topological polar surface area (TPSA) is 58.9 Å². The van der Waals surface area contributed by atoms with E-state index in [0.29, 0.717) is 24.4 Å². The number of amides is 1. The quantitative estimate of drug-likeness (QED) is 0.593. The fourth-order valence-electron chi connectivity index (χ4n) is 5.24. The molecule has 0 unspecified atom stereocenters. The lowest BCUT2D eigenvalue weighted by molar-refractivity contribution is -0.274. The third-order valence-corrected chi connectivity index (χ3v) is 6.66. The number of nitrogens with one attached hydrogen (secondary N) is 1. The number of pyridine rings is 1. The van der Waals surface area contributed by atoms with Crippen LogP contribution in [0.2, 0.25) is 0 Å². The Bertz CT molecular complexity index is 1160. The average Bonchev–Trinajstić information content (AvgIpc) is 3.10. The van der Waals surface area contributed by atoms with Crippen LogP contribution in [0.15, 0.2) is 48.7 Å². The lowest BCUT2D eigenvalue weighted by Crippen LogP contribution is -2.63. The van der Waals surface area contributed by atoms with Gasteiger partial charge in [0.25, 0.3) is 5.91 Å². The Morgan fingerprint density at radius 3 is 2.58 bits per heavy atom. The Morgan fingerprint density at radius 1 is 1.18 bits per heavy atom. The van der Waals surface area contributed by atoms with Crippen LogP contribution in [0, 0.1) is 11.3 Å². The van der Waals surface area contributed by atoms with E-state index in [-0.39, 0.29) is 17.1 Å². The fraction of sp³-hybridized carbons (Fsp3) is 0.417. The molecule has 1 spiro atoms. The molecule has 2 aliphatic rings. The summed E-state index contributed by atoms with van der Waals surface area (Å²) >= 11 is 0. The summed E-state index contributed by atoms with van der Waals surface area (Å²) in [6.45, 7) is 4.39. The van der Waals surface area contributed by atoms with E-state index in [1.165, 1.54) is 12.1 Å². The van der Waals surface area contributed by atoms with Crippen LogP contribution >= 0.6 is 0 Å². The number of hydrogen-bond acceptors (Lipinski definition) is 4. The van der Waals surface area contributed by atoms with Gasteiger partial charge in [-0.25, -0.2) is 4.52 Å². The predicted octanol–water partition coefficient (Wildman–Crippen LogP) is 4.44. The Kier molecular flexibility index (Phi) is 5.22. The summed E-state index contributed by atoms with van der Waals surface area (Å²) in [6.07, 6.45) is -0.0682. The van der Waals surface area contributed by atoms with Crippen LogP contribution in [0.25, 0.3) is 5.52 Å². The normalized spacial score (nSPS) is 17.6. The molecule has 0 bridgehead atoms. The number of alkyl halides is 3. The molecule has 1 aliphatic carbocycles. The standard InChI is InChI=1S/C24H25F3N4O2/c1-2-19-21(20-5-3-4-10-31(20)29-19)22(32)28-13-16-11-23(12-16)14-30(15-23)17-6-8-18(9-7-17)33-24(25,26)27/h3-10,16H,2,11-15H2,1H3,(H,28,32). The minimum atomic E-state index is -4.68. The van der Waals surface area contributed by atoms with Crippen molar-refractivity contribution >= 4 is 17.1 Å². The first kappa shape index (κ1) is 21.6. The monoisotopic (exact) mass is 458 g/mol. The van der Waals surface area contributed by atoms with Gasteiger partial charge in [-0.3, -0.25) is 4.79 Å². The highest BCUT2D eigenvalue weighted by molar-refractivity contribution is 6.02. The van der Waals surface area contributed by atoms with Crippen LogP contribution in [0.1, 0.15) is 35.8 Å². The van der Waals surface area contributed by atoms with Crippen molar-refractivity contribution in [2.45, 2.75) is 32.5 Å². The van der Waals surface area contributed by atoms with E-state index in [0.717, 1.165) is 42.8 Å². The summed E-state index contributed by atoms with van der Waals surface area (Å²) in [5.74, 6) is 0.148. The maximum absolute atomic E-state index is 12.9. The van der Waals surface area contributed by atoms with Gasteiger partial charge in [0.15, 0.2) is 0 Å². The van der Waals surface area contributed by atoms with Gasteiger partial charge in [0.1, 0.15) is 5.75 Å². The van der Waals surface area contributed by atoms with Crippen LogP contribution in [0.3, 0.4) is 0 Å². The second-order valence-electron chi connectivity index (χ2n) is 9.09. The van der Waals surface area contributed by atoms with E-state index < -0.39 is 6.36 Å². The van der Waals surface area contributed by atoms with E-state index in [1.807, 2.05) is 31.3 Å². The summed E-state index contributed by atoms with van der Waals surface area (Å²) < 4.78 is 42.6. The van der Waals surface area contributed by atoms with Crippen LogP contribution in [0.4, 0.5) is 18.9 Å². The summed E-state index contributed by atoms with van der Waals surface area (Å²) in [4.78, 5) is 15.1. The van der Waals surface area contributed by atoms with E-state index in [4.69, 9.17) is 0 Å². The number of ether oxygens (including phenoxy) is 1. The molecule has 33 heavy (non-hydrogen) atoms. The summed E-state index contributed by atoms with van der Waals surface area (Å²) in [5.41, 5.74) is 3.41. The zero-order valence-electron chi connectivity index (χ0n) is 18.2. The molecule has 2 fully saturated rings. The van der Waals surface area contributed by atoms with Gasteiger partial charge in [-0.05, 0) is 61.6 Å². The van der Waals surface area contributed by atoms with Gasteiger partial charge in [0.05, 0.1) is 16.8 Å². The molecule has 5 rings (SSSR count). The number of carbonyl (C=O) groups is 1. The zero-order valence-corrected chi connectivity index (χ0v) is 18.2. The van der Waals surface area contributed by atoms with Crippen LogP contribution in [0.5, 0.6) is 5.75 Å². The largest absolute Gasteiger partial charge is 0.573 e. The van der Waals surface area contributed by atoms with Crippen molar-refractivity contribution in [3.8, 4) is 5.75 Å². The molecule has 1 saturated carbocycles. The highest BCUT2D eigenvalue weighted by atomic mass is 19.4. The molecular weight excluding hydrogens is 433 g/mol. The van der Waals surface area contributed by atoms with E-state index in [2.05, 4.69) is 20.1 Å². The maximum atomic E-state index is 12.9. The van der Waals surface area contributed by atoms with Crippen molar-refractivity contribution < 1.29 is 22.7 Å². The molecule has 6 nitrogen and oxygen atoms in total. The van der Waals surface area contributed by atoms with Crippen LogP contribution in [-0.4, -0.2) is 41.5 Å². The molecule has 1 N–H and O–H groups in total. The predicted molar refractivity (Wildman–Crippen MR) is 117 cm³/mol. The van der Waals surface area contributed by atoms with Gasteiger partial charge < -0.3 is 15.0 Å². The first-order valence-corrected chi connectivity index (χ1v) is 11.1. The zero-order chi connectivity index (χ0) is 23.2. The molecule has 0 radical (unpaired) electrons. The molecular formula is C24H25F3N4O2. The average molecular weight is 458 g/mol. The van der Waals surface area contributed by atoms with Gasteiger partial charge in [-0.1, -0.05) is 13.0 Å². The second-order valence-corrected chi connectivity index (χ2v) is 9.09. The number of halogens is 3. The minimum absolute atomic E-state index is 0.0783. The van der Waals surface area contributed by atoms with Crippen LogP contribution < -0.4 is 15.0 Å². The van der Waals surface area contributed by atoms with Gasteiger partial charge in [-0.15, -0.1) is 13.2 Å². The van der Waals surface area contributed by atoms with Crippen LogP contribution in [-0.2, 0) is 6.42 Å². The molecule has 2 aromatic heterocycles. The SMILES string of the molecule is CCc1nn2ccccc2c1C(=O)NCC1CC2(C1)CN(c1ccc(OC(F)(F)F)cc1)C2. The number of anilines is 1. The minimum Gasteiger partial charge on any atom is -0.406 e. The Morgan fingerprint density at radius 2 is 1.91 bits per heavy atom. The molecule has 0 atom stereocenters. The summed E-state index contributed by atoms with van der Waals surface area (Å²) in [7, 11) is 0. The van der Waals surface area contributed by atoms with Gasteiger partial charge >= 0.3 is 6.36 Å². The van der Waals surface area contributed by atoms with Crippen molar-refractivity contribution in [2.75, 3.05) is 24.5 Å². The van der Waals surface area contributed by atoms with Crippen molar-refractivity contribution in [3.63, 3.8) is 0 Å². The van der Waals surface area contributed by atoms with Gasteiger partial charge in [0, 0.05) is 36.9 Å². The Balaban J connectivity index is 1.11. The number of aryl methyl sites for hydroxylation is 1. The summed E-state index contributed by atoms with van der Waals surface area (Å²) in [5, 5.41) is 7.60. The first-order valence-electron chi connectivity index (χ1n) is 11.1. The Labute approximate surface area is 189 Å². The maximum Gasteiger partial charge on any atom is 0.573 e. The van der Waals surface area contributed by atoms with E-state index >= 15 is 0 Å². The van der Waals surface area contributed by atoms with Crippen molar-refractivity contribution in [3.05, 3.63) is 59.9 Å². The Hall–Kier alpha value is -3.23. The van der Waals surface area contributed by atoms with Gasteiger partial charge in [-0.2, -0.15) is 5.10 Å². The second kappa shape index (κ2) is 7.97. The molecule has 1 saturated heterocycles. The van der Waals surface area contributed by atoms with Crippen molar-refractivity contribution in [1.82, 2.24) is 14.9 Å². The molecule has 1 aliphatic heterocycles. The third kappa shape index (κ3) is 4.24. The smallest absolute Gasteiger partial charge is 0.406 e. The number of nitrogens with zero attached hydrogens (tertiary/aromatic N) is 3. The lowest BCUT2D eigenvalue weighted by atomic mass is 9.57. The molecule has 3 heterocycles.